The Morgan fingerprint density at radius 2 is 2.10 bits per heavy atom. The molecule has 1 aliphatic heterocycles. The van der Waals surface area contributed by atoms with E-state index in [2.05, 4.69) is 17.5 Å². The number of ether oxygens (including phenoxy) is 2. The van der Waals surface area contributed by atoms with Crippen molar-refractivity contribution in [2.24, 2.45) is 5.92 Å². The minimum absolute atomic E-state index is 0.213. The molecule has 0 unspecified atom stereocenters. The maximum atomic E-state index is 9.11. The summed E-state index contributed by atoms with van der Waals surface area (Å²) in [6.45, 7) is 2.03. The molecule has 0 saturated carbocycles. The lowest BCUT2D eigenvalue weighted by Crippen LogP contribution is -2.26. The zero-order chi connectivity index (χ0) is 13.9. The maximum absolute atomic E-state index is 9.11. The van der Waals surface area contributed by atoms with Crippen molar-refractivity contribution in [3.8, 4) is 11.5 Å². The highest BCUT2D eigenvalue weighted by Gasteiger charge is 2.19. The fourth-order valence-electron chi connectivity index (χ4n) is 2.58. The largest absolute Gasteiger partial charge is 0.486 e. The predicted octanol–water partition coefficient (Wildman–Crippen LogP) is 2.14. The molecule has 1 heterocycles. The topological polar surface area (TPSA) is 50.7 Å². The predicted molar refractivity (Wildman–Crippen MR) is 77.4 cm³/mol. The lowest BCUT2D eigenvalue weighted by molar-refractivity contribution is 0.171. The molecule has 0 aromatic heterocycles. The first-order chi connectivity index (χ1) is 9.76. The Balaban J connectivity index is 1.63. The van der Waals surface area contributed by atoms with E-state index in [4.69, 9.17) is 26.2 Å². The van der Waals surface area contributed by atoms with Gasteiger partial charge < -0.3 is 19.9 Å². The summed E-state index contributed by atoms with van der Waals surface area (Å²) in [7, 11) is 0. The molecule has 108 valence electrons. The molecule has 2 N–H and O–H groups in total. The third-order valence-electron chi connectivity index (χ3n) is 3.63. The second kappa shape index (κ2) is 6.04. The van der Waals surface area contributed by atoms with E-state index in [1.807, 2.05) is 12.1 Å². The number of fused-ring (bicyclic) bond motifs is 1. The van der Waals surface area contributed by atoms with Crippen molar-refractivity contribution in [2.45, 2.75) is 19.0 Å². The lowest BCUT2D eigenvalue weighted by Gasteiger charge is -2.21. The Kier molecular flexibility index (Phi) is 4.15. The maximum Gasteiger partial charge on any atom is 0.179 e. The van der Waals surface area contributed by atoms with Gasteiger partial charge in [-0.2, -0.15) is 0 Å². The van der Waals surface area contributed by atoms with Crippen molar-refractivity contribution in [3.05, 3.63) is 34.9 Å². The zero-order valence-corrected chi connectivity index (χ0v) is 11.9. The third-order valence-corrected chi connectivity index (χ3v) is 3.91. The number of halogens is 1. The molecule has 3 rings (SSSR count). The highest BCUT2D eigenvalue weighted by Crippen LogP contribution is 2.38. The number of hydrogen-bond donors (Lipinski definition) is 2. The Hall–Kier alpha value is -1.23. The first-order valence-electron chi connectivity index (χ1n) is 6.87. The van der Waals surface area contributed by atoms with Crippen LogP contribution in [0.5, 0.6) is 11.5 Å². The number of aliphatic hydroxyl groups is 1. The smallest absolute Gasteiger partial charge is 0.179 e. The van der Waals surface area contributed by atoms with Crippen LogP contribution in [0.1, 0.15) is 12.0 Å². The molecule has 2 aliphatic rings. The highest BCUT2D eigenvalue weighted by atomic mass is 35.5. The normalized spacial score (nSPS) is 24.1. The molecule has 20 heavy (non-hydrogen) atoms. The van der Waals surface area contributed by atoms with E-state index in [1.54, 1.807) is 0 Å². The van der Waals surface area contributed by atoms with Gasteiger partial charge in [0.2, 0.25) is 0 Å². The molecule has 1 aromatic carbocycles. The second-order valence-corrected chi connectivity index (χ2v) is 5.56. The van der Waals surface area contributed by atoms with Gasteiger partial charge in [-0.3, -0.25) is 0 Å². The van der Waals surface area contributed by atoms with E-state index in [-0.39, 0.29) is 12.5 Å². The molecule has 0 fully saturated rings. The SMILES string of the molecule is OC[C@H]1C=C[C@@H](NCc2cc(Cl)c3c(c2)OCCO3)C1. The van der Waals surface area contributed by atoms with Crippen molar-refractivity contribution < 1.29 is 14.6 Å². The summed E-state index contributed by atoms with van der Waals surface area (Å²) < 4.78 is 11.1. The van der Waals surface area contributed by atoms with Gasteiger partial charge in [0, 0.05) is 25.1 Å². The van der Waals surface area contributed by atoms with E-state index in [9.17, 15) is 0 Å². The van der Waals surface area contributed by atoms with Crippen LogP contribution in [-0.2, 0) is 6.54 Å². The first kappa shape index (κ1) is 13.7. The van der Waals surface area contributed by atoms with E-state index < -0.39 is 0 Å². The van der Waals surface area contributed by atoms with Gasteiger partial charge in [0.1, 0.15) is 13.2 Å². The average molecular weight is 296 g/mol. The van der Waals surface area contributed by atoms with Crippen LogP contribution in [0.25, 0.3) is 0 Å². The summed E-state index contributed by atoms with van der Waals surface area (Å²) >= 11 is 6.21. The molecular formula is C15H18ClNO3. The van der Waals surface area contributed by atoms with Crippen molar-refractivity contribution in [3.63, 3.8) is 0 Å². The minimum atomic E-state index is 0.213. The fourth-order valence-corrected chi connectivity index (χ4v) is 2.86. The van der Waals surface area contributed by atoms with E-state index >= 15 is 0 Å². The van der Waals surface area contributed by atoms with Crippen LogP contribution in [0.15, 0.2) is 24.3 Å². The Labute approximate surface area is 123 Å². The lowest BCUT2D eigenvalue weighted by atomic mass is 10.1. The Morgan fingerprint density at radius 1 is 1.25 bits per heavy atom. The molecular weight excluding hydrogens is 278 g/mol. The van der Waals surface area contributed by atoms with Gasteiger partial charge in [0.25, 0.3) is 0 Å². The van der Waals surface area contributed by atoms with Gasteiger partial charge in [-0.25, -0.2) is 0 Å². The number of hydrogen-bond acceptors (Lipinski definition) is 4. The molecule has 0 radical (unpaired) electrons. The molecule has 0 bridgehead atoms. The Bertz CT molecular complexity index is 518. The van der Waals surface area contributed by atoms with Crippen LogP contribution in [0.3, 0.4) is 0 Å². The summed E-state index contributed by atoms with van der Waals surface area (Å²) in [6, 6.07) is 4.18. The molecule has 1 aromatic rings. The standard InChI is InChI=1S/C15H18ClNO3/c16-13-6-11(7-14-15(13)20-4-3-19-14)8-17-12-2-1-10(5-12)9-18/h1-2,6-7,10,12,17-18H,3-5,8-9H2/t10-,12+/m0/s1. The second-order valence-electron chi connectivity index (χ2n) is 5.15. The third kappa shape index (κ3) is 2.92. The van der Waals surface area contributed by atoms with Gasteiger partial charge in [-0.05, 0) is 24.1 Å². The molecule has 5 heteroatoms. The van der Waals surface area contributed by atoms with Gasteiger partial charge in [-0.15, -0.1) is 0 Å². The zero-order valence-electron chi connectivity index (χ0n) is 11.1. The minimum Gasteiger partial charge on any atom is -0.486 e. The van der Waals surface area contributed by atoms with Gasteiger partial charge in [0.15, 0.2) is 11.5 Å². The van der Waals surface area contributed by atoms with Crippen molar-refractivity contribution in [1.29, 1.82) is 0 Å². The van der Waals surface area contributed by atoms with Crippen LogP contribution < -0.4 is 14.8 Å². The number of nitrogens with one attached hydrogen (secondary N) is 1. The summed E-state index contributed by atoms with van der Waals surface area (Å²) in [5.41, 5.74) is 1.07. The van der Waals surface area contributed by atoms with E-state index in [1.165, 1.54) is 0 Å². The van der Waals surface area contributed by atoms with Crippen LogP contribution in [0.4, 0.5) is 0 Å². The number of benzene rings is 1. The summed E-state index contributed by atoms with van der Waals surface area (Å²) in [5, 5.41) is 13.1. The van der Waals surface area contributed by atoms with Crippen LogP contribution in [0, 0.1) is 5.92 Å². The molecule has 4 nitrogen and oxygen atoms in total. The summed E-state index contributed by atoms with van der Waals surface area (Å²) in [6.07, 6.45) is 5.11. The Morgan fingerprint density at radius 3 is 2.90 bits per heavy atom. The molecule has 2 atom stereocenters. The van der Waals surface area contributed by atoms with E-state index in [0.29, 0.717) is 36.6 Å². The quantitative estimate of drug-likeness (QED) is 0.836. The average Bonchev–Trinajstić information content (AvgIpc) is 2.93. The van der Waals surface area contributed by atoms with Crippen LogP contribution in [0.2, 0.25) is 5.02 Å². The van der Waals surface area contributed by atoms with E-state index in [0.717, 1.165) is 17.7 Å². The number of aliphatic hydroxyl groups excluding tert-OH is 1. The van der Waals surface area contributed by atoms with Crippen molar-refractivity contribution >= 4 is 11.6 Å². The summed E-state index contributed by atoms with van der Waals surface area (Å²) in [4.78, 5) is 0. The molecule has 0 spiro atoms. The van der Waals surface area contributed by atoms with Crippen LogP contribution >= 0.6 is 11.6 Å². The van der Waals surface area contributed by atoms with Gasteiger partial charge in [-0.1, -0.05) is 23.8 Å². The fraction of sp³-hybridized carbons (Fsp3) is 0.467. The highest BCUT2D eigenvalue weighted by molar-refractivity contribution is 6.32. The molecule has 0 amide bonds. The van der Waals surface area contributed by atoms with Crippen molar-refractivity contribution in [1.82, 2.24) is 5.32 Å². The van der Waals surface area contributed by atoms with Crippen molar-refractivity contribution in [2.75, 3.05) is 19.8 Å². The molecule has 0 saturated heterocycles. The first-order valence-corrected chi connectivity index (χ1v) is 7.24. The summed E-state index contributed by atoms with van der Waals surface area (Å²) in [5.74, 6) is 1.63. The van der Waals surface area contributed by atoms with Gasteiger partial charge in [0.05, 0.1) is 5.02 Å². The number of rotatable bonds is 4. The monoisotopic (exact) mass is 295 g/mol. The van der Waals surface area contributed by atoms with Gasteiger partial charge >= 0.3 is 0 Å². The van der Waals surface area contributed by atoms with Crippen LogP contribution in [-0.4, -0.2) is 31.0 Å². The molecule has 1 aliphatic carbocycles.